The number of hydrogen-bond acceptors (Lipinski definition) is 6. The van der Waals surface area contributed by atoms with Gasteiger partial charge in [0.2, 0.25) is 11.7 Å². The van der Waals surface area contributed by atoms with E-state index in [-0.39, 0.29) is 11.4 Å². The van der Waals surface area contributed by atoms with E-state index in [0.29, 0.717) is 0 Å². The third-order valence-corrected chi connectivity index (χ3v) is 3.62. The van der Waals surface area contributed by atoms with E-state index in [9.17, 15) is 32.5 Å². The van der Waals surface area contributed by atoms with Crippen molar-refractivity contribution >= 4 is 17.3 Å². The average Bonchev–Trinajstić information content (AvgIpc) is 3.11. The summed E-state index contributed by atoms with van der Waals surface area (Å²) >= 11 is 0. The highest BCUT2D eigenvalue weighted by Crippen LogP contribution is 2.31. The number of nitrogens with zero attached hydrogens (tertiary/aromatic N) is 5. The summed E-state index contributed by atoms with van der Waals surface area (Å²) in [6.45, 7) is -0.548. The number of anilines is 1. The Labute approximate surface area is 159 Å². The van der Waals surface area contributed by atoms with Crippen LogP contribution in [0.1, 0.15) is 5.56 Å². The van der Waals surface area contributed by atoms with Gasteiger partial charge in [0.15, 0.2) is 0 Å². The summed E-state index contributed by atoms with van der Waals surface area (Å²) in [5.74, 6) is -1.86. The summed E-state index contributed by atoms with van der Waals surface area (Å²) in [6, 6.07) is 6.84. The lowest BCUT2D eigenvalue weighted by Crippen LogP contribution is -2.21. The first kappa shape index (κ1) is 19.9. The summed E-state index contributed by atoms with van der Waals surface area (Å²) in [4.78, 5) is 22.8. The molecule has 9 nitrogen and oxygen atoms in total. The van der Waals surface area contributed by atoms with Crippen LogP contribution < -0.4 is 5.32 Å². The first-order valence-corrected chi connectivity index (χ1v) is 7.83. The lowest BCUT2D eigenvalue weighted by molar-refractivity contribution is -0.384. The topological polar surface area (TPSA) is 116 Å². The van der Waals surface area contributed by atoms with Gasteiger partial charge in [-0.25, -0.2) is 4.39 Å². The van der Waals surface area contributed by atoms with Crippen LogP contribution in [0.25, 0.3) is 11.4 Å². The molecule has 0 unspecified atom stereocenters. The number of benzene rings is 2. The maximum absolute atomic E-state index is 13.7. The smallest absolute Gasteiger partial charge is 0.322 e. The summed E-state index contributed by atoms with van der Waals surface area (Å²) in [7, 11) is 0. The number of hydrogen-bond donors (Lipinski definition) is 1. The normalized spacial score (nSPS) is 11.3. The molecule has 0 saturated heterocycles. The van der Waals surface area contributed by atoms with Gasteiger partial charge in [0.05, 0.1) is 16.2 Å². The first-order chi connectivity index (χ1) is 13.6. The van der Waals surface area contributed by atoms with Crippen molar-refractivity contribution in [1.82, 2.24) is 20.2 Å². The van der Waals surface area contributed by atoms with Crippen molar-refractivity contribution in [1.29, 1.82) is 0 Å². The first-order valence-electron chi connectivity index (χ1n) is 7.83. The van der Waals surface area contributed by atoms with Crippen molar-refractivity contribution in [3.63, 3.8) is 0 Å². The molecule has 0 saturated carbocycles. The maximum atomic E-state index is 13.7. The van der Waals surface area contributed by atoms with Gasteiger partial charge in [0, 0.05) is 17.7 Å². The molecule has 0 fully saturated rings. The number of rotatable bonds is 5. The molecule has 1 amide bonds. The Morgan fingerprint density at radius 2 is 1.97 bits per heavy atom. The Balaban J connectivity index is 1.73. The fraction of sp³-hybridized carbons (Fsp3) is 0.125. The summed E-state index contributed by atoms with van der Waals surface area (Å²) < 4.78 is 52.1. The monoisotopic (exact) mass is 410 g/mol. The largest absolute Gasteiger partial charge is 0.416 e. The molecule has 0 spiro atoms. The second-order valence-electron chi connectivity index (χ2n) is 5.69. The van der Waals surface area contributed by atoms with Gasteiger partial charge in [-0.15, -0.1) is 10.2 Å². The molecule has 1 heterocycles. The average molecular weight is 410 g/mol. The second kappa shape index (κ2) is 7.61. The third kappa shape index (κ3) is 4.69. The number of nitro groups is 1. The van der Waals surface area contributed by atoms with Crippen molar-refractivity contribution in [3.8, 4) is 11.4 Å². The van der Waals surface area contributed by atoms with E-state index in [2.05, 4.69) is 20.7 Å². The van der Waals surface area contributed by atoms with Crippen LogP contribution in [0.3, 0.4) is 0 Å². The minimum Gasteiger partial charge on any atom is -0.322 e. The molecule has 0 aliphatic rings. The lowest BCUT2D eigenvalue weighted by atomic mass is 10.1. The molecular weight excluding hydrogens is 400 g/mol. The zero-order valence-electron chi connectivity index (χ0n) is 14.2. The van der Waals surface area contributed by atoms with E-state index in [1.807, 2.05) is 0 Å². The molecule has 0 atom stereocenters. The molecule has 0 radical (unpaired) electrons. The van der Waals surface area contributed by atoms with Gasteiger partial charge < -0.3 is 5.32 Å². The van der Waals surface area contributed by atoms with E-state index in [4.69, 9.17) is 0 Å². The molecule has 0 aliphatic heterocycles. The van der Waals surface area contributed by atoms with Crippen LogP contribution in [0.2, 0.25) is 0 Å². The fourth-order valence-electron chi connectivity index (χ4n) is 2.30. The van der Waals surface area contributed by atoms with Gasteiger partial charge in [-0.3, -0.25) is 14.9 Å². The van der Waals surface area contributed by atoms with Crippen molar-refractivity contribution in [2.75, 3.05) is 5.32 Å². The zero-order valence-corrected chi connectivity index (χ0v) is 14.2. The van der Waals surface area contributed by atoms with Crippen LogP contribution in [-0.2, 0) is 17.5 Å². The highest BCUT2D eigenvalue weighted by molar-refractivity contribution is 5.90. The number of aromatic nitrogens is 4. The number of amides is 1. The molecule has 0 bridgehead atoms. The second-order valence-corrected chi connectivity index (χ2v) is 5.69. The summed E-state index contributed by atoms with van der Waals surface area (Å²) in [5, 5.41) is 23.8. The zero-order chi connectivity index (χ0) is 21.2. The van der Waals surface area contributed by atoms with Crippen molar-refractivity contribution < 1.29 is 27.3 Å². The van der Waals surface area contributed by atoms with Crippen LogP contribution in [0, 0.1) is 15.9 Å². The third-order valence-electron chi connectivity index (χ3n) is 3.62. The van der Waals surface area contributed by atoms with Crippen molar-refractivity contribution in [2.24, 2.45) is 0 Å². The standard InChI is InChI=1S/C16H10F4N6O3/c17-12-5-4-11(26(28)29)7-13(12)21-14(27)8-25-23-15(22-24-25)9-2-1-3-10(6-9)16(18,19)20/h1-7H,8H2,(H,21,27). The molecule has 3 rings (SSSR count). The Morgan fingerprint density at radius 1 is 1.21 bits per heavy atom. The number of carbonyl (C=O) groups is 1. The van der Waals surface area contributed by atoms with Gasteiger partial charge in [-0.1, -0.05) is 12.1 Å². The maximum Gasteiger partial charge on any atom is 0.416 e. The molecule has 13 heteroatoms. The highest BCUT2D eigenvalue weighted by Gasteiger charge is 2.30. The number of nitrogens with one attached hydrogen (secondary N) is 1. The number of halogens is 4. The van der Waals surface area contributed by atoms with Gasteiger partial charge in [-0.05, 0) is 23.4 Å². The summed E-state index contributed by atoms with van der Waals surface area (Å²) in [6.07, 6.45) is -4.55. The van der Waals surface area contributed by atoms with E-state index >= 15 is 0 Å². The minimum absolute atomic E-state index is 0.0382. The molecule has 150 valence electrons. The van der Waals surface area contributed by atoms with Crippen LogP contribution in [0.15, 0.2) is 42.5 Å². The SMILES string of the molecule is O=C(Cn1nnc(-c2cccc(C(F)(F)F)c2)n1)Nc1cc([N+](=O)[O-])ccc1F. The van der Waals surface area contributed by atoms with E-state index in [1.165, 1.54) is 12.1 Å². The number of carbonyl (C=O) groups excluding carboxylic acids is 1. The van der Waals surface area contributed by atoms with Gasteiger partial charge in [-0.2, -0.15) is 18.0 Å². The van der Waals surface area contributed by atoms with Crippen LogP contribution in [0.4, 0.5) is 28.9 Å². The predicted octanol–water partition coefficient (Wildman–Crippen LogP) is 3.04. The molecule has 1 N–H and O–H groups in total. The Bertz CT molecular complexity index is 1080. The van der Waals surface area contributed by atoms with Crippen LogP contribution in [-0.4, -0.2) is 31.0 Å². The van der Waals surface area contributed by atoms with Crippen molar-refractivity contribution in [2.45, 2.75) is 12.7 Å². The number of non-ortho nitro benzene ring substituents is 1. The highest BCUT2D eigenvalue weighted by atomic mass is 19.4. The predicted molar refractivity (Wildman–Crippen MR) is 89.9 cm³/mol. The van der Waals surface area contributed by atoms with E-state index in [1.54, 1.807) is 0 Å². The molecular formula is C16H10F4N6O3. The number of alkyl halides is 3. The number of nitro benzene ring substituents is 1. The lowest BCUT2D eigenvalue weighted by Gasteiger charge is -2.06. The van der Waals surface area contributed by atoms with E-state index < -0.39 is 46.3 Å². The Morgan fingerprint density at radius 3 is 2.66 bits per heavy atom. The molecule has 2 aromatic carbocycles. The Kier molecular flexibility index (Phi) is 5.21. The van der Waals surface area contributed by atoms with Gasteiger partial charge >= 0.3 is 6.18 Å². The number of tetrazole rings is 1. The van der Waals surface area contributed by atoms with E-state index in [0.717, 1.165) is 35.1 Å². The van der Waals surface area contributed by atoms with Gasteiger partial charge in [0.25, 0.3) is 5.69 Å². The molecule has 1 aromatic heterocycles. The van der Waals surface area contributed by atoms with Crippen LogP contribution >= 0.6 is 0 Å². The van der Waals surface area contributed by atoms with Crippen LogP contribution in [0.5, 0.6) is 0 Å². The quantitative estimate of drug-likeness (QED) is 0.393. The molecule has 3 aromatic rings. The molecule has 0 aliphatic carbocycles. The summed E-state index contributed by atoms with van der Waals surface area (Å²) in [5.41, 5.74) is -1.70. The van der Waals surface area contributed by atoms with Crippen molar-refractivity contribution in [3.05, 3.63) is 64.0 Å². The minimum atomic E-state index is -4.55. The fourth-order valence-corrected chi connectivity index (χ4v) is 2.30. The van der Waals surface area contributed by atoms with Gasteiger partial charge in [0.1, 0.15) is 12.4 Å². The Hall–Kier alpha value is -3.90. The molecule has 29 heavy (non-hydrogen) atoms.